The van der Waals surface area contributed by atoms with Crippen LogP contribution in [-0.2, 0) is 9.53 Å². The van der Waals surface area contributed by atoms with E-state index < -0.39 is 5.66 Å². The van der Waals surface area contributed by atoms with Gasteiger partial charge in [0.25, 0.3) is 0 Å². The summed E-state index contributed by atoms with van der Waals surface area (Å²) in [5.41, 5.74) is 4.88. The van der Waals surface area contributed by atoms with Gasteiger partial charge in [0.1, 0.15) is 0 Å². The summed E-state index contributed by atoms with van der Waals surface area (Å²) in [5.74, 6) is -0.228. The van der Waals surface area contributed by atoms with Gasteiger partial charge >= 0.3 is 0 Å². The van der Waals surface area contributed by atoms with Crippen LogP contribution in [0.15, 0.2) is 82.9 Å². The fourth-order valence-electron chi connectivity index (χ4n) is 4.66. The third kappa shape index (κ3) is 5.42. The van der Waals surface area contributed by atoms with Gasteiger partial charge in [0, 0.05) is 56.6 Å². The van der Waals surface area contributed by atoms with Crippen LogP contribution >= 0.6 is 0 Å². The van der Waals surface area contributed by atoms with Gasteiger partial charge in [-0.25, -0.2) is 0 Å². The average molecular weight is 482 g/mol. The van der Waals surface area contributed by atoms with Crippen LogP contribution in [0, 0.1) is 6.92 Å². The molecule has 2 aliphatic heterocycles. The molecule has 3 heterocycles. The van der Waals surface area contributed by atoms with E-state index in [0.717, 1.165) is 67.0 Å². The number of carbonyl (C=O) groups excluding carboxylic acids is 1. The maximum absolute atomic E-state index is 12.8. The Morgan fingerprint density at radius 1 is 1.11 bits per heavy atom. The number of methoxy groups -OCH3 is 1. The van der Waals surface area contributed by atoms with E-state index >= 15 is 0 Å². The number of anilines is 1. The van der Waals surface area contributed by atoms with E-state index in [-0.39, 0.29) is 5.91 Å². The number of amides is 1. The normalized spacial score (nSPS) is 17.5. The molecule has 1 fully saturated rings. The van der Waals surface area contributed by atoms with E-state index in [1.54, 1.807) is 19.4 Å². The highest BCUT2D eigenvalue weighted by Crippen LogP contribution is 2.33. The number of aryl methyl sites for hydroxylation is 1. The summed E-state index contributed by atoms with van der Waals surface area (Å²) >= 11 is 0. The smallest absolute Gasteiger partial charge is 0.248 e. The van der Waals surface area contributed by atoms with Crippen molar-refractivity contribution in [1.29, 1.82) is 0 Å². The van der Waals surface area contributed by atoms with E-state index in [1.807, 2.05) is 30.3 Å². The number of likely N-dealkylation sites (tertiary alicyclic amines) is 1. The maximum Gasteiger partial charge on any atom is 0.248 e. The highest BCUT2D eigenvalue weighted by molar-refractivity contribution is 6.53. The van der Waals surface area contributed by atoms with Gasteiger partial charge in [-0.15, -0.1) is 0 Å². The Morgan fingerprint density at radius 3 is 2.67 bits per heavy atom. The van der Waals surface area contributed by atoms with E-state index in [2.05, 4.69) is 46.4 Å². The Balaban J connectivity index is 1.35. The van der Waals surface area contributed by atoms with Crippen LogP contribution in [0.2, 0.25) is 0 Å². The summed E-state index contributed by atoms with van der Waals surface area (Å²) in [6.45, 7) is 5.55. The second kappa shape index (κ2) is 10.5. The molecule has 1 N–H and O–H groups in total. The summed E-state index contributed by atoms with van der Waals surface area (Å²) in [6.07, 6.45) is 6.68. The molecule has 0 unspecified atom stereocenters. The number of ether oxygens (including phenoxy) is 1. The first-order valence-corrected chi connectivity index (χ1v) is 12.4. The first-order chi connectivity index (χ1) is 17.5. The second-order valence-corrected chi connectivity index (χ2v) is 9.38. The number of para-hydroxylation sites is 1. The lowest BCUT2D eigenvalue weighted by molar-refractivity contribution is -0.111. The van der Waals surface area contributed by atoms with Crippen molar-refractivity contribution in [2.45, 2.75) is 25.4 Å². The van der Waals surface area contributed by atoms with E-state index in [1.165, 1.54) is 11.6 Å². The topological polar surface area (TPSA) is 79.2 Å². The van der Waals surface area contributed by atoms with E-state index in [0.29, 0.717) is 5.69 Å². The first-order valence-electron chi connectivity index (χ1n) is 12.4. The fourth-order valence-corrected chi connectivity index (χ4v) is 4.66. The molecular formula is C29H31N5O2. The number of aliphatic imine (C=N–C) groups is 2. The average Bonchev–Trinajstić information content (AvgIpc) is 3.25. The highest BCUT2D eigenvalue weighted by atomic mass is 16.5. The molecule has 1 spiro atoms. The molecule has 7 heteroatoms. The summed E-state index contributed by atoms with van der Waals surface area (Å²) < 4.78 is 5.23. The number of nitrogens with zero attached hydrogens (tertiary/aromatic N) is 4. The molecule has 0 bridgehead atoms. The lowest BCUT2D eigenvalue weighted by atomic mass is 9.98. The van der Waals surface area contributed by atoms with Crippen molar-refractivity contribution in [2.75, 3.05) is 38.7 Å². The lowest BCUT2D eigenvalue weighted by Gasteiger charge is -2.35. The zero-order valence-electron chi connectivity index (χ0n) is 20.8. The largest absolute Gasteiger partial charge is 0.383 e. The number of hydrogen-bond donors (Lipinski definition) is 1. The second-order valence-electron chi connectivity index (χ2n) is 9.38. The Kier molecular flexibility index (Phi) is 7.02. The zero-order valence-corrected chi connectivity index (χ0v) is 20.8. The molecule has 5 rings (SSSR count). The molecule has 0 radical (unpaired) electrons. The highest BCUT2D eigenvalue weighted by Gasteiger charge is 2.38. The standard InChI is InChI=1S/C29H31N5O2/c1-21-7-9-22(10-8-21)28-26(32-29(33-28)13-15-34(16-14-29)17-18-36-2)11-12-27(35)31-24-19-23-5-3-4-6-25(23)30-20-24/h3-12,19-20H,13-18H2,1-2H3,(H,31,35)/b12-11+. The Labute approximate surface area is 211 Å². The van der Waals surface area contributed by atoms with Crippen molar-refractivity contribution in [1.82, 2.24) is 9.88 Å². The van der Waals surface area contributed by atoms with E-state index in [9.17, 15) is 4.79 Å². The number of pyridine rings is 1. The van der Waals surface area contributed by atoms with Crippen molar-refractivity contribution in [3.63, 3.8) is 0 Å². The third-order valence-corrected chi connectivity index (χ3v) is 6.74. The molecule has 7 nitrogen and oxygen atoms in total. The minimum atomic E-state index is -0.470. The fraction of sp³-hybridized carbons (Fsp3) is 0.310. The summed E-state index contributed by atoms with van der Waals surface area (Å²) in [5, 5.41) is 3.89. The number of rotatable bonds is 7. The van der Waals surface area contributed by atoms with Gasteiger partial charge in [-0.3, -0.25) is 19.8 Å². The van der Waals surface area contributed by atoms with Crippen molar-refractivity contribution in [3.8, 4) is 0 Å². The molecule has 1 saturated heterocycles. The van der Waals surface area contributed by atoms with Gasteiger partial charge in [-0.2, -0.15) is 0 Å². The number of nitrogens with one attached hydrogen (secondary N) is 1. The molecule has 3 aromatic rings. The van der Waals surface area contributed by atoms with Crippen LogP contribution < -0.4 is 5.32 Å². The molecule has 0 saturated carbocycles. The van der Waals surface area contributed by atoms with Crippen molar-refractivity contribution < 1.29 is 9.53 Å². The van der Waals surface area contributed by atoms with Crippen LogP contribution in [0.25, 0.3) is 10.9 Å². The number of aromatic nitrogens is 1. The van der Waals surface area contributed by atoms with Gasteiger partial charge in [0.05, 0.1) is 35.4 Å². The molecule has 36 heavy (non-hydrogen) atoms. The molecule has 1 aromatic heterocycles. The van der Waals surface area contributed by atoms with Gasteiger partial charge in [0.2, 0.25) is 5.91 Å². The number of carbonyl (C=O) groups is 1. The number of fused-ring (bicyclic) bond motifs is 1. The van der Waals surface area contributed by atoms with Crippen LogP contribution in [0.1, 0.15) is 24.0 Å². The molecule has 2 aromatic carbocycles. The molecule has 184 valence electrons. The van der Waals surface area contributed by atoms with Gasteiger partial charge in [-0.05, 0) is 25.1 Å². The summed E-state index contributed by atoms with van der Waals surface area (Å²) in [4.78, 5) is 29.8. The summed E-state index contributed by atoms with van der Waals surface area (Å²) in [6, 6.07) is 18.1. The minimum absolute atomic E-state index is 0.228. The number of allylic oxidation sites excluding steroid dienone is 1. The lowest BCUT2D eigenvalue weighted by Crippen LogP contribution is -2.42. The maximum atomic E-state index is 12.8. The van der Waals surface area contributed by atoms with Crippen molar-refractivity contribution >= 4 is 33.9 Å². The first kappa shape index (κ1) is 24.0. The SMILES string of the molecule is COCCN1CCC2(CC1)N=C(/C=C/C(=O)Nc1cnc3ccccc3c1)C(c1ccc(C)cc1)=N2. The molecule has 1 amide bonds. The van der Waals surface area contributed by atoms with Crippen LogP contribution in [0.5, 0.6) is 0 Å². The van der Waals surface area contributed by atoms with Crippen molar-refractivity contribution in [2.24, 2.45) is 9.98 Å². The summed E-state index contributed by atoms with van der Waals surface area (Å²) in [7, 11) is 1.73. The Morgan fingerprint density at radius 2 is 1.89 bits per heavy atom. The van der Waals surface area contributed by atoms with Gasteiger partial charge in [0.15, 0.2) is 5.66 Å². The van der Waals surface area contributed by atoms with Gasteiger partial charge in [-0.1, -0.05) is 48.0 Å². The van der Waals surface area contributed by atoms with Gasteiger partial charge < -0.3 is 15.0 Å². The monoisotopic (exact) mass is 481 g/mol. The number of piperidine rings is 1. The minimum Gasteiger partial charge on any atom is -0.383 e. The molecule has 0 atom stereocenters. The molecular weight excluding hydrogens is 450 g/mol. The predicted molar refractivity (Wildman–Crippen MR) is 145 cm³/mol. The zero-order chi connectivity index (χ0) is 25.0. The van der Waals surface area contributed by atoms with Crippen molar-refractivity contribution in [3.05, 3.63) is 84.1 Å². The Bertz CT molecular complexity index is 1340. The third-order valence-electron chi connectivity index (χ3n) is 6.74. The number of hydrogen-bond acceptors (Lipinski definition) is 6. The van der Waals surface area contributed by atoms with Crippen LogP contribution in [0.4, 0.5) is 5.69 Å². The quantitative estimate of drug-likeness (QED) is 0.507. The predicted octanol–water partition coefficient (Wildman–Crippen LogP) is 4.42. The molecule has 2 aliphatic rings. The van der Waals surface area contributed by atoms with E-state index in [4.69, 9.17) is 14.7 Å². The van der Waals surface area contributed by atoms with Crippen LogP contribution in [-0.4, -0.2) is 66.2 Å². The number of benzene rings is 2. The van der Waals surface area contributed by atoms with Crippen LogP contribution in [0.3, 0.4) is 0 Å². The molecule has 0 aliphatic carbocycles. The Hall–Kier alpha value is -3.68.